The van der Waals surface area contributed by atoms with Crippen LogP contribution >= 0.6 is 31.9 Å². The number of nitrogens with zero attached hydrogens (tertiary/aromatic N) is 1. The summed E-state index contributed by atoms with van der Waals surface area (Å²) in [7, 11) is 0. The lowest BCUT2D eigenvalue weighted by Crippen LogP contribution is -2.01. The van der Waals surface area contributed by atoms with Gasteiger partial charge in [-0.1, -0.05) is 31.9 Å². The SMILES string of the molecule is CC(Br)(Br)c1ccc([N+](=O)[O-])cc1. The zero-order chi connectivity index (χ0) is 10.1. The molecule has 0 aliphatic carbocycles. The van der Waals surface area contributed by atoms with Gasteiger partial charge in [0.25, 0.3) is 5.69 Å². The molecule has 0 saturated heterocycles. The van der Waals surface area contributed by atoms with Gasteiger partial charge in [0.1, 0.15) is 3.23 Å². The van der Waals surface area contributed by atoms with Crippen LogP contribution in [0.25, 0.3) is 0 Å². The maximum atomic E-state index is 10.3. The van der Waals surface area contributed by atoms with Gasteiger partial charge in [0.2, 0.25) is 0 Å². The second-order valence-electron chi connectivity index (χ2n) is 2.69. The Hall–Kier alpha value is -0.420. The molecule has 0 heterocycles. The van der Waals surface area contributed by atoms with Gasteiger partial charge >= 0.3 is 0 Å². The topological polar surface area (TPSA) is 43.1 Å². The minimum absolute atomic E-state index is 0.105. The summed E-state index contributed by atoms with van der Waals surface area (Å²) in [6, 6.07) is 6.38. The number of hydrogen-bond donors (Lipinski definition) is 0. The van der Waals surface area contributed by atoms with E-state index < -0.39 is 4.92 Å². The summed E-state index contributed by atoms with van der Waals surface area (Å²) in [6.45, 7) is 1.91. The zero-order valence-electron chi connectivity index (χ0n) is 6.83. The van der Waals surface area contributed by atoms with Crippen LogP contribution in [0, 0.1) is 10.1 Å². The molecule has 1 aromatic carbocycles. The third-order valence-corrected chi connectivity index (χ3v) is 2.50. The van der Waals surface area contributed by atoms with Gasteiger partial charge < -0.3 is 0 Å². The summed E-state index contributed by atoms with van der Waals surface area (Å²) >= 11 is 6.79. The van der Waals surface area contributed by atoms with Crippen LogP contribution in [-0.2, 0) is 3.23 Å². The molecule has 5 heteroatoms. The largest absolute Gasteiger partial charge is 0.269 e. The Labute approximate surface area is 92.5 Å². The van der Waals surface area contributed by atoms with Crippen LogP contribution in [0.4, 0.5) is 5.69 Å². The Kier molecular flexibility index (Phi) is 3.08. The van der Waals surface area contributed by atoms with Crippen molar-refractivity contribution >= 4 is 37.5 Å². The Bertz CT molecular complexity index is 316. The minimum atomic E-state index is -0.413. The van der Waals surface area contributed by atoms with Gasteiger partial charge in [-0.2, -0.15) is 0 Å². The number of alkyl halides is 2. The van der Waals surface area contributed by atoms with E-state index in [2.05, 4.69) is 31.9 Å². The van der Waals surface area contributed by atoms with Crippen molar-refractivity contribution in [2.45, 2.75) is 10.2 Å². The van der Waals surface area contributed by atoms with Crippen molar-refractivity contribution in [3.63, 3.8) is 0 Å². The van der Waals surface area contributed by atoms with Crippen molar-refractivity contribution in [2.24, 2.45) is 0 Å². The van der Waals surface area contributed by atoms with E-state index in [1.807, 2.05) is 6.92 Å². The molecule has 0 aliphatic heterocycles. The molecular weight excluding hydrogens is 302 g/mol. The predicted molar refractivity (Wildman–Crippen MR) is 58.3 cm³/mol. The molecule has 70 valence electrons. The molecule has 0 bridgehead atoms. The smallest absolute Gasteiger partial charge is 0.258 e. The van der Waals surface area contributed by atoms with E-state index in [1.54, 1.807) is 12.1 Å². The van der Waals surface area contributed by atoms with Crippen LogP contribution in [0.1, 0.15) is 12.5 Å². The highest BCUT2D eigenvalue weighted by molar-refractivity contribution is 9.24. The molecule has 0 amide bonds. The van der Waals surface area contributed by atoms with Crippen LogP contribution in [-0.4, -0.2) is 4.92 Å². The fraction of sp³-hybridized carbons (Fsp3) is 0.250. The lowest BCUT2D eigenvalue weighted by atomic mass is 10.1. The van der Waals surface area contributed by atoms with Crippen LogP contribution < -0.4 is 0 Å². The molecule has 0 aliphatic rings. The Morgan fingerprint density at radius 1 is 1.31 bits per heavy atom. The van der Waals surface area contributed by atoms with Gasteiger partial charge in [-0.15, -0.1) is 0 Å². The standard InChI is InChI=1S/C8H7Br2NO2/c1-8(9,10)6-2-4-7(5-3-6)11(12)13/h2-5H,1H3. The molecule has 0 unspecified atom stereocenters. The lowest BCUT2D eigenvalue weighted by molar-refractivity contribution is -0.384. The number of nitro groups is 1. The predicted octanol–water partition coefficient (Wildman–Crippen LogP) is 3.56. The Morgan fingerprint density at radius 3 is 2.08 bits per heavy atom. The van der Waals surface area contributed by atoms with Crippen LogP contribution in [0.15, 0.2) is 24.3 Å². The molecule has 3 nitrogen and oxygen atoms in total. The van der Waals surface area contributed by atoms with Crippen molar-refractivity contribution in [1.82, 2.24) is 0 Å². The first kappa shape index (κ1) is 10.7. The lowest BCUT2D eigenvalue weighted by Gasteiger charge is -2.13. The monoisotopic (exact) mass is 307 g/mol. The summed E-state index contributed by atoms with van der Waals surface area (Å²) in [4.78, 5) is 9.93. The van der Waals surface area contributed by atoms with Crippen LogP contribution in [0.3, 0.4) is 0 Å². The Balaban J connectivity index is 3.01. The second-order valence-corrected chi connectivity index (χ2v) is 6.93. The number of hydrogen-bond acceptors (Lipinski definition) is 2. The van der Waals surface area contributed by atoms with Crippen LogP contribution in [0.5, 0.6) is 0 Å². The Morgan fingerprint density at radius 2 is 1.77 bits per heavy atom. The average Bonchev–Trinajstić information content (AvgIpc) is 2.03. The third kappa shape index (κ3) is 2.77. The zero-order valence-corrected chi connectivity index (χ0v) is 10.0. The van der Waals surface area contributed by atoms with Crippen molar-refractivity contribution in [3.05, 3.63) is 39.9 Å². The van der Waals surface area contributed by atoms with Gasteiger partial charge in [-0.3, -0.25) is 10.1 Å². The summed E-state index contributed by atoms with van der Waals surface area (Å²) in [6.07, 6.45) is 0. The maximum Gasteiger partial charge on any atom is 0.269 e. The van der Waals surface area contributed by atoms with Gasteiger partial charge in [-0.25, -0.2) is 0 Å². The van der Waals surface area contributed by atoms with E-state index in [1.165, 1.54) is 12.1 Å². The number of halogens is 2. The first-order chi connectivity index (χ1) is 5.91. The number of rotatable bonds is 2. The summed E-state index contributed by atoms with van der Waals surface area (Å²) in [5, 5.41) is 10.3. The molecule has 13 heavy (non-hydrogen) atoms. The highest BCUT2D eigenvalue weighted by Crippen LogP contribution is 2.37. The van der Waals surface area contributed by atoms with Crippen molar-refractivity contribution in [1.29, 1.82) is 0 Å². The average molecular weight is 309 g/mol. The maximum absolute atomic E-state index is 10.3. The number of benzene rings is 1. The van der Waals surface area contributed by atoms with Crippen molar-refractivity contribution in [3.8, 4) is 0 Å². The van der Waals surface area contributed by atoms with Gasteiger partial charge in [0, 0.05) is 12.1 Å². The highest BCUT2D eigenvalue weighted by atomic mass is 79.9. The van der Waals surface area contributed by atoms with E-state index in [-0.39, 0.29) is 8.92 Å². The highest BCUT2D eigenvalue weighted by Gasteiger charge is 2.18. The first-order valence-corrected chi connectivity index (χ1v) is 5.12. The van der Waals surface area contributed by atoms with Crippen molar-refractivity contribution in [2.75, 3.05) is 0 Å². The summed E-state index contributed by atoms with van der Waals surface area (Å²) < 4.78 is -0.324. The molecule has 0 aromatic heterocycles. The van der Waals surface area contributed by atoms with Crippen molar-refractivity contribution < 1.29 is 4.92 Å². The quantitative estimate of drug-likeness (QED) is 0.476. The van der Waals surface area contributed by atoms with E-state index in [9.17, 15) is 10.1 Å². The van der Waals surface area contributed by atoms with E-state index in [0.29, 0.717) is 0 Å². The molecule has 0 atom stereocenters. The fourth-order valence-electron chi connectivity index (χ4n) is 0.876. The molecule has 0 fully saturated rings. The van der Waals surface area contributed by atoms with E-state index in [0.717, 1.165) is 5.56 Å². The third-order valence-electron chi connectivity index (χ3n) is 1.59. The van der Waals surface area contributed by atoms with Gasteiger partial charge in [-0.05, 0) is 24.6 Å². The van der Waals surface area contributed by atoms with Crippen LogP contribution in [0.2, 0.25) is 0 Å². The number of nitro benzene ring substituents is 1. The first-order valence-electron chi connectivity index (χ1n) is 3.54. The van der Waals surface area contributed by atoms with Gasteiger partial charge in [0.05, 0.1) is 4.92 Å². The van der Waals surface area contributed by atoms with E-state index in [4.69, 9.17) is 0 Å². The normalized spacial score (nSPS) is 11.3. The van der Waals surface area contributed by atoms with E-state index >= 15 is 0 Å². The second kappa shape index (κ2) is 3.75. The minimum Gasteiger partial charge on any atom is -0.258 e. The fourth-order valence-corrected chi connectivity index (χ4v) is 1.40. The summed E-state index contributed by atoms with van der Waals surface area (Å²) in [5.74, 6) is 0. The van der Waals surface area contributed by atoms with Gasteiger partial charge in [0.15, 0.2) is 0 Å². The molecule has 1 aromatic rings. The molecule has 1 rings (SSSR count). The molecule has 0 radical (unpaired) electrons. The molecule has 0 spiro atoms. The molecule has 0 N–H and O–H groups in total. The summed E-state index contributed by atoms with van der Waals surface area (Å²) in [5.41, 5.74) is 1.05. The molecule has 0 saturated carbocycles. The number of non-ortho nitro benzene ring substituents is 1. The molecular formula is C8H7Br2NO2.